The molecule has 0 bridgehead atoms. The molecule has 0 heterocycles. The molecule has 0 amide bonds. The number of halogens is 2. The first kappa shape index (κ1) is 10.4. The van der Waals surface area contributed by atoms with Crippen molar-refractivity contribution in [1.29, 1.82) is 5.26 Å². The second-order valence-corrected chi connectivity index (χ2v) is 2.89. The normalized spacial score (nSPS) is 9.50. The van der Waals surface area contributed by atoms with Crippen molar-refractivity contribution in [3.8, 4) is 6.07 Å². The molecular weight excluding hydrogens is 211 g/mol. The highest BCUT2D eigenvalue weighted by atomic mass is 35.5. The SMILES string of the molecule is N#CCc1cc(F)c(Cl)cc1[N+](=O)[O-]. The van der Waals surface area contributed by atoms with Crippen LogP contribution in [0.1, 0.15) is 5.56 Å². The lowest BCUT2D eigenvalue weighted by molar-refractivity contribution is -0.385. The maximum Gasteiger partial charge on any atom is 0.275 e. The zero-order valence-corrected chi connectivity index (χ0v) is 7.58. The lowest BCUT2D eigenvalue weighted by Crippen LogP contribution is -1.96. The van der Waals surface area contributed by atoms with Crippen LogP contribution in [-0.2, 0) is 6.42 Å². The molecule has 0 radical (unpaired) electrons. The summed E-state index contributed by atoms with van der Waals surface area (Å²) in [6.07, 6.45) is -0.218. The molecular formula is C8H4ClFN2O2. The van der Waals surface area contributed by atoms with Gasteiger partial charge in [-0.3, -0.25) is 10.1 Å². The molecule has 0 spiro atoms. The quantitative estimate of drug-likeness (QED) is 0.561. The summed E-state index contributed by atoms with van der Waals surface area (Å²) in [5.74, 6) is -0.762. The largest absolute Gasteiger partial charge is 0.275 e. The van der Waals surface area contributed by atoms with Crippen LogP contribution in [0.5, 0.6) is 0 Å². The standard InChI is InChI=1S/C8H4ClFN2O2/c9-6-4-8(12(13)14)5(1-2-11)3-7(6)10/h3-4H,1H2. The number of benzene rings is 1. The topological polar surface area (TPSA) is 66.9 Å². The number of nitro benzene ring substituents is 1. The van der Waals surface area contributed by atoms with Crippen LogP contribution < -0.4 is 0 Å². The molecule has 0 aromatic heterocycles. The summed E-state index contributed by atoms with van der Waals surface area (Å²) in [4.78, 5) is 9.78. The molecule has 1 aromatic rings. The molecule has 0 unspecified atom stereocenters. The van der Waals surface area contributed by atoms with Crippen LogP contribution >= 0.6 is 11.6 Å². The van der Waals surface area contributed by atoms with Crippen molar-refractivity contribution in [3.63, 3.8) is 0 Å². The zero-order chi connectivity index (χ0) is 10.7. The molecule has 6 heteroatoms. The molecule has 4 nitrogen and oxygen atoms in total. The maximum atomic E-state index is 12.9. The third kappa shape index (κ3) is 1.98. The Morgan fingerprint density at radius 3 is 2.79 bits per heavy atom. The third-order valence-corrected chi connectivity index (χ3v) is 1.88. The molecule has 0 aliphatic heterocycles. The number of nitrogens with zero attached hydrogens (tertiary/aromatic N) is 2. The molecule has 0 saturated heterocycles. The minimum absolute atomic E-state index is 0.0272. The maximum absolute atomic E-state index is 12.9. The van der Waals surface area contributed by atoms with Gasteiger partial charge >= 0.3 is 0 Å². The van der Waals surface area contributed by atoms with Crippen molar-refractivity contribution in [2.75, 3.05) is 0 Å². The summed E-state index contributed by atoms with van der Waals surface area (Å²) in [6, 6.07) is 3.52. The van der Waals surface area contributed by atoms with Gasteiger partial charge in [-0.2, -0.15) is 5.26 Å². The highest BCUT2D eigenvalue weighted by Gasteiger charge is 2.16. The van der Waals surface area contributed by atoms with Crippen LogP contribution in [-0.4, -0.2) is 4.92 Å². The van der Waals surface area contributed by atoms with E-state index in [0.717, 1.165) is 12.1 Å². The van der Waals surface area contributed by atoms with Gasteiger partial charge < -0.3 is 0 Å². The Balaban J connectivity index is 3.32. The van der Waals surface area contributed by atoms with Crippen molar-refractivity contribution in [2.24, 2.45) is 0 Å². The van der Waals surface area contributed by atoms with Gasteiger partial charge in [0.15, 0.2) is 0 Å². The van der Waals surface area contributed by atoms with Crippen molar-refractivity contribution >= 4 is 17.3 Å². The number of rotatable bonds is 2. The molecule has 0 saturated carbocycles. The van der Waals surface area contributed by atoms with E-state index in [9.17, 15) is 14.5 Å². The Hall–Kier alpha value is -1.67. The number of hydrogen-bond donors (Lipinski definition) is 0. The van der Waals surface area contributed by atoms with Gasteiger partial charge in [-0.05, 0) is 6.07 Å². The highest BCUT2D eigenvalue weighted by Crippen LogP contribution is 2.26. The Labute approximate surface area is 83.7 Å². The minimum atomic E-state index is -0.762. The second-order valence-electron chi connectivity index (χ2n) is 2.49. The van der Waals surface area contributed by atoms with E-state index >= 15 is 0 Å². The van der Waals surface area contributed by atoms with Gasteiger partial charge in [-0.25, -0.2) is 4.39 Å². The first-order chi connectivity index (χ1) is 6.56. The van der Waals surface area contributed by atoms with E-state index < -0.39 is 10.7 Å². The van der Waals surface area contributed by atoms with Crippen LogP contribution in [0.3, 0.4) is 0 Å². The predicted octanol–water partition coefficient (Wildman–Crippen LogP) is 2.45. The van der Waals surface area contributed by atoms with Gasteiger partial charge in [0.25, 0.3) is 5.69 Å². The Morgan fingerprint density at radius 2 is 2.29 bits per heavy atom. The lowest BCUT2D eigenvalue weighted by Gasteiger charge is -1.99. The van der Waals surface area contributed by atoms with Gasteiger partial charge in [0.05, 0.1) is 22.4 Å². The van der Waals surface area contributed by atoms with Crippen LogP contribution in [0.15, 0.2) is 12.1 Å². The summed E-state index contributed by atoms with van der Waals surface area (Å²) < 4.78 is 12.9. The average molecular weight is 215 g/mol. The van der Waals surface area contributed by atoms with Gasteiger partial charge in [0.2, 0.25) is 0 Å². The van der Waals surface area contributed by atoms with E-state index in [-0.39, 0.29) is 22.7 Å². The minimum Gasteiger partial charge on any atom is -0.258 e. The molecule has 14 heavy (non-hydrogen) atoms. The Kier molecular flexibility index (Phi) is 2.99. The molecule has 0 atom stereocenters. The smallest absolute Gasteiger partial charge is 0.258 e. The number of hydrogen-bond acceptors (Lipinski definition) is 3. The summed E-state index contributed by atoms with van der Waals surface area (Å²) in [6.45, 7) is 0. The number of nitriles is 1. The van der Waals surface area contributed by atoms with Gasteiger partial charge in [-0.1, -0.05) is 11.6 Å². The van der Waals surface area contributed by atoms with E-state index in [0.29, 0.717) is 0 Å². The van der Waals surface area contributed by atoms with Crippen molar-refractivity contribution in [3.05, 3.63) is 38.7 Å². The Bertz CT molecular complexity index is 428. The first-order valence-electron chi connectivity index (χ1n) is 3.55. The average Bonchev–Trinajstić information content (AvgIpc) is 2.11. The molecule has 72 valence electrons. The molecule has 1 rings (SSSR count). The number of nitro groups is 1. The van der Waals surface area contributed by atoms with Crippen molar-refractivity contribution in [2.45, 2.75) is 6.42 Å². The molecule has 0 fully saturated rings. The fourth-order valence-corrected chi connectivity index (χ4v) is 1.13. The van der Waals surface area contributed by atoms with Gasteiger partial charge in [0, 0.05) is 11.6 Å². The lowest BCUT2D eigenvalue weighted by atomic mass is 10.1. The molecule has 1 aromatic carbocycles. The predicted molar refractivity (Wildman–Crippen MR) is 47.4 cm³/mol. The molecule has 0 aliphatic carbocycles. The van der Waals surface area contributed by atoms with Gasteiger partial charge in [-0.15, -0.1) is 0 Å². The molecule has 0 N–H and O–H groups in total. The summed E-state index contributed by atoms with van der Waals surface area (Å²) in [5, 5.41) is 18.5. The fourth-order valence-electron chi connectivity index (χ4n) is 0.974. The molecule has 0 aliphatic rings. The van der Waals surface area contributed by atoms with Crippen molar-refractivity contribution in [1.82, 2.24) is 0 Å². The van der Waals surface area contributed by atoms with E-state index in [1.165, 1.54) is 0 Å². The third-order valence-electron chi connectivity index (χ3n) is 1.59. The van der Waals surface area contributed by atoms with Crippen LogP contribution in [0.2, 0.25) is 5.02 Å². The van der Waals surface area contributed by atoms with Crippen molar-refractivity contribution < 1.29 is 9.31 Å². The fraction of sp³-hybridized carbons (Fsp3) is 0.125. The first-order valence-corrected chi connectivity index (χ1v) is 3.93. The zero-order valence-electron chi connectivity index (χ0n) is 6.83. The highest BCUT2D eigenvalue weighted by molar-refractivity contribution is 6.31. The summed E-state index contributed by atoms with van der Waals surface area (Å²) in [5.41, 5.74) is -0.308. The van der Waals surface area contributed by atoms with Gasteiger partial charge in [0.1, 0.15) is 5.82 Å². The van der Waals surface area contributed by atoms with Crippen LogP contribution in [0, 0.1) is 27.3 Å². The second kappa shape index (κ2) is 4.03. The van der Waals surface area contributed by atoms with E-state index in [1.807, 2.05) is 0 Å². The van der Waals surface area contributed by atoms with E-state index in [4.69, 9.17) is 16.9 Å². The monoisotopic (exact) mass is 214 g/mol. The van der Waals surface area contributed by atoms with E-state index in [1.54, 1.807) is 6.07 Å². The summed E-state index contributed by atoms with van der Waals surface area (Å²) in [7, 11) is 0. The van der Waals surface area contributed by atoms with E-state index in [2.05, 4.69) is 0 Å². The van der Waals surface area contributed by atoms with Crippen LogP contribution in [0.4, 0.5) is 10.1 Å². The van der Waals surface area contributed by atoms with Crippen LogP contribution in [0.25, 0.3) is 0 Å². The Morgan fingerprint density at radius 1 is 1.64 bits per heavy atom. The summed E-state index contributed by atoms with van der Waals surface area (Å²) >= 11 is 5.37.